The van der Waals surface area contributed by atoms with Gasteiger partial charge in [0.1, 0.15) is 0 Å². The van der Waals surface area contributed by atoms with E-state index in [-0.39, 0.29) is 6.29 Å². The predicted molar refractivity (Wildman–Crippen MR) is 146 cm³/mol. The first-order valence-electron chi connectivity index (χ1n) is 14.9. The zero-order valence-corrected chi connectivity index (χ0v) is 23.3. The van der Waals surface area contributed by atoms with Crippen molar-refractivity contribution in [3.63, 3.8) is 0 Å². The summed E-state index contributed by atoms with van der Waals surface area (Å²) in [4.78, 5) is 0. The van der Waals surface area contributed by atoms with Gasteiger partial charge in [-0.15, -0.1) is 0 Å². The molecular weight excluding hydrogens is 424 g/mol. The van der Waals surface area contributed by atoms with Crippen LogP contribution in [0.3, 0.4) is 0 Å². The number of allylic oxidation sites excluding steroid dienone is 1. The fourth-order valence-corrected chi connectivity index (χ4v) is 3.90. The molecule has 0 rings (SSSR count). The molecule has 0 N–H and O–H groups in total. The van der Waals surface area contributed by atoms with E-state index in [0.717, 1.165) is 64.8 Å². The maximum Gasteiger partial charge on any atom is 0.188 e. The van der Waals surface area contributed by atoms with Gasteiger partial charge in [-0.2, -0.15) is 0 Å². The van der Waals surface area contributed by atoms with Crippen LogP contribution in [0.15, 0.2) is 12.3 Å². The second kappa shape index (κ2) is 30.5. The normalized spacial score (nSPS) is 11.8. The molecule has 4 nitrogen and oxygen atoms in total. The van der Waals surface area contributed by atoms with E-state index in [4.69, 9.17) is 18.9 Å². The molecule has 0 aromatic heterocycles. The van der Waals surface area contributed by atoms with Gasteiger partial charge in [0.25, 0.3) is 0 Å². The number of hydrogen-bond donors (Lipinski definition) is 0. The van der Waals surface area contributed by atoms with Crippen molar-refractivity contribution < 1.29 is 18.9 Å². The predicted octanol–water partition coefficient (Wildman–Crippen LogP) is 9.71. The molecule has 0 saturated heterocycles. The highest BCUT2D eigenvalue weighted by Gasteiger charge is 2.09. The van der Waals surface area contributed by atoms with E-state index >= 15 is 0 Å². The summed E-state index contributed by atoms with van der Waals surface area (Å²) >= 11 is 0. The van der Waals surface area contributed by atoms with Crippen molar-refractivity contribution in [3.8, 4) is 0 Å². The molecule has 0 fully saturated rings. The van der Waals surface area contributed by atoms with Crippen LogP contribution in [0.2, 0.25) is 0 Å². The van der Waals surface area contributed by atoms with E-state index in [1.165, 1.54) is 83.5 Å². The quantitative estimate of drug-likeness (QED) is 0.0601. The fraction of sp³-hybridized carbons (Fsp3) is 0.933. The first kappa shape index (κ1) is 33.4. The van der Waals surface area contributed by atoms with E-state index in [1.54, 1.807) is 6.26 Å². The molecule has 0 aromatic carbocycles. The molecule has 0 saturated carbocycles. The highest BCUT2D eigenvalue weighted by molar-refractivity contribution is 4.72. The van der Waals surface area contributed by atoms with Gasteiger partial charge in [0, 0.05) is 13.2 Å². The van der Waals surface area contributed by atoms with Gasteiger partial charge in [0.05, 0.1) is 12.9 Å². The molecule has 0 aliphatic rings. The summed E-state index contributed by atoms with van der Waals surface area (Å²) in [7, 11) is 0. The lowest BCUT2D eigenvalue weighted by molar-refractivity contribution is -0.148. The first-order chi connectivity index (χ1) is 16.8. The van der Waals surface area contributed by atoms with E-state index in [1.807, 2.05) is 0 Å². The van der Waals surface area contributed by atoms with Gasteiger partial charge >= 0.3 is 0 Å². The van der Waals surface area contributed by atoms with Crippen molar-refractivity contribution in [2.75, 3.05) is 26.6 Å². The molecule has 0 unspecified atom stereocenters. The van der Waals surface area contributed by atoms with Crippen LogP contribution < -0.4 is 0 Å². The van der Waals surface area contributed by atoms with Gasteiger partial charge in [-0.25, -0.2) is 0 Å². The highest BCUT2D eigenvalue weighted by Crippen LogP contribution is 2.12. The van der Waals surface area contributed by atoms with Crippen LogP contribution in [0.4, 0.5) is 0 Å². The molecule has 0 aromatic rings. The van der Waals surface area contributed by atoms with Crippen molar-refractivity contribution in [2.45, 2.75) is 155 Å². The Morgan fingerprint density at radius 3 is 1.59 bits per heavy atom. The number of ether oxygens (including phenoxy) is 4. The van der Waals surface area contributed by atoms with Crippen LogP contribution in [0.1, 0.15) is 149 Å². The number of rotatable bonds is 29. The molecule has 0 amide bonds. The van der Waals surface area contributed by atoms with Crippen molar-refractivity contribution in [1.29, 1.82) is 0 Å². The Hall–Kier alpha value is -0.580. The third kappa shape index (κ3) is 27.7. The summed E-state index contributed by atoms with van der Waals surface area (Å²) < 4.78 is 23.1. The van der Waals surface area contributed by atoms with Gasteiger partial charge in [-0.1, -0.05) is 104 Å². The molecule has 4 heteroatoms. The lowest BCUT2D eigenvalue weighted by atomic mass is 10.1. The Balaban J connectivity index is 3.74. The smallest absolute Gasteiger partial charge is 0.188 e. The highest BCUT2D eigenvalue weighted by atomic mass is 16.7. The summed E-state index contributed by atoms with van der Waals surface area (Å²) in [6.45, 7) is 9.60. The van der Waals surface area contributed by atoms with E-state index in [0.29, 0.717) is 6.79 Å². The monoisotopic (exact) mass is 484 g/mol. The fourth-order valence-electron chi connectivity index (χ4n) is 3.90. The van der Waals surface area contributed by atoms with Crippen LogP contribution in [0, 0.1) is 0 Å². The zero-order valence-electron chi connectivity index (χ0n) is 23.3. The Labute approximate surface area is 213 Å². The topological polar surface area (TPSA) is 36.9 Å². The maximum absolute atomic E-state index is 6.09. The SMILES string of the molecule is CCCCCCCCOCOC=CCCCCC(OCCCCCCC)OCCCCCCC. The minimum absolute atomic E-state index is 0.0343. The minimum Gasteiger partial charge on any atom is -0.475 e. The lowest BCUT2D eigenvalue weighted by Crippen LogP contribution is -2.19. The van der Waals surface area contributed by atoms with Gasteiger partial charge in [-0.05, 0) is 51.0 Å². The summed E-state index contributed by atoms with van der Waals surface area (Å²) in [6, 6.07) is 0. The van der Waals surface area contributed by atoms with Gasteiger partial charge in [-0.3, -0.25) is 0 Å². The summed E-state index contributed by atoms with van der Waals surface area (Å²) in [5, 5.41) is 0. The molecule has 0 spiro atoms. The number of unbranched alkanes of at least 4 members (excludes halogenated alkanes) is 15. The van der Waals surface area contributed by atoms with Crippen LogP contribution in [-0.4, -0.2) is 32.9 Å². The van der Waals surface area contributed by atoms with Crippen molar-refractivity contribution in [1.82, 2.24) is 0 Å². The molecule has 0 bridgehead atoms. The van der Waals surface area contributed by atoms with Crippen LogP contribution in [-0.2, 0) is 18.9 Å². The van der Waals surface area contributed by atoms with Crippen LogP contribution in [0.5, 0.6) is 0 Å². The summed E-state index contributed by atoms with van der Waals surface area (Å²) in [6.07, 6.45) is 28.6. The second-order valence-electron chi connectivity index (χ2n) is 9.62. The van der Waals surface area contributed by atoms with E-state index in [2.05, 4.69) is 26.8 Å². The van der Waals surface area contributed by atoms with E-state index < -0.39 is 0 Å². The molecular formula is C30H60O4. The van der Waals surface area contributed by atoms with Crippen molar-refractivity contribution >= 4 is 0 Å². The van der Waals surface area contributed by atoms with Crippen LogP contribution >= 0.6 is 0 Å². The Morgan fingerprint density at radius 1 is 0.529 bits per heavy atom. The van der Waals surface area contributed by atoms with Gasteiger partial charge < -0.3 is 18.9 Å². The molecule has 34 heavy (non-hydrogen) atoms. The standard InChI is InChI=1S/C30H60O4/c1-4-7-10-13-17-20-25-31-29-32-26-21-18-14-19-24-30(33-27-22-15-11-8-5-2)34-28-23-16-12-9-6-3/h21,26,30H,4-20,22-25,27-29H2,1-3H3. The lowest BCUT2D eigenvalue weighted by Gasteiger charge is -2.19. The molecule has 0 atom stereocenters. The van der Waals surface area contributed by atoms with Crippen molar-refractivity contribution in [3.05, 3.63) is 12.3 Å². The summed E-state index contributed by atoms with van der Waals surface area (Å²) in [5.74, 6) is 0. The second-order valence-corrected chi connectivity index (χ2v) is 9.62. The molecule has 204 valence electrons. The largest absolute Gasteiger partial charge is 0.475 e. The third-order valence-corrected chi connectivity index (χ3v) is 6.15. The van der Waals surface area contributed by atoms with E-state index in [9.17, 15) is 0 Å². The summed E-state index contributed by atoms with van der Waals surface area (Å²) in [5.41, 5.74) is 0. The number of hydrogen-bond acceptors (Lipinski definition) is 4. The first-order valence-corrected chi connectivity index (χ1v) is 14.9. The van der Waals surface area contributed by atoms with Crippen molar-refractivity contribution in [2.24, 2.45) is 0 Å². The minimum atomic E-state index is -0.0343. The average Bonchev–Trinajstić information content (AvgIpc) is 2.85. The maximum atomic E-state index is 6.09. The molecule has 0 radical (unpaired) electrons. The van der Waals surface area contributed by atoms with Gasteiger partial charge in [0.15, 0.2) is 13.1 Å². The Kier molecular flexibility index (Phi) is 29.9. The van der Waals surface area contributed by atoms with Crippen LogP contribution in [0.25, 0.3) is 0 Å². The Morgan fingerprint density at radius 2 is 1.03 bits per heavy atom. The molecule has 0 heterocycles. The van der Waals surface area contributed by atoms with Gasteiger partial charge in [0.2, 0.25) is 0 Å². The Bertz CT molecular complexity index is 370. The molecule has 0 aliphatic carbocycles. The molecule has 0 aliphatic heterocycles. The zero-order chi connectivity index (χ0) is 24.8. The average molecular weight is 485 g/mol. The third-order valence-electron chi connectivity index (χ3n) is 6.15.